The first-order valence-corrected chi connectivity index (χ1v) is 8.16. The fourth-order valence-corrected chi connectivity index (χ4v) is 4.09. The molecule has 2 aliphatic carbocycles. The van der Waals surface area contributed by atoms with Crippen molar-refractivity contribution in [3.05, 3.63) is 30.1 Å². The molecule has 1 heterocycles. The largest absolute Gasteiger partial charge is 0.353 e. The van der Waals surface area contributed by atoms with Crippen LogP contribution in [0.2, 0.25) is 0 Å². The standard InChI is InChI=1S/C17H25N3O.2ClH/c18-15-10-13-2-1-3-14(11-15)17(13)20-16(21)5-4-12-6-8-19-9-7-12;;/h6-9,13-15,17H,1-5,10-11,18H2,(H,20,21);2*1H. The summed E-state index contributed by atoms with van der Waals surface area (Å²) >= 11 is 0. The molecular weight excluding hydrogens is 333 g/mol. The predicted octanol–water partition coefficient (Wildman–Crippen LogP) is 2.88. The minimum absolute atomic E-state index is 0. The Morgan fingerprint density at radius 3 is 2.39 bits per heavy atom. The highest BCUT2D eigenvalue weighted by Crippen LogP contribution is 2.39. The number of hydrogen-bond donors (Lipinski definition) is 2. The molecule has 6 heteroatoms. The van der Waals surface area contributed by atoms with Crippen LogP contribution in [0.25, 0.3) is 0 Å². The molecule has 2 saturated carbocycles. The Morgan fingerprint density at radius 1 is 1.17 bits per heavy atom. The fraction of sp³-hybridized carbons (Fsp3) is 0.647. The van der Waals surface area contributed by atoms with Crippen LogP contribution in [0.4, 0.5) is 0 Å². The smallest absolute Gasteiger partial charge is 0.220 e. The molecule has 0 saturated heterocycles. The van der Waals surface area contributed by atoms with E-state index in [2.05, 4.69) is 10.3 Å². The van der Waals surface area contributed by atoms with Crippen molar-refractivity contribution in [1.82, 2.24) is 10.3 Å². The number of fused-ring (bicyclic) bond motifs is 2. The number of carbonyl (C=O) groups excluding carboxylic acids is 1. The number of pyridine rings is 1. The van der Waals surface area contributed by atoms with E-state index in [0.29, 0.717) is 30.3 Å². The van der Waals surface area contributed by atoms with E-state index in [1.807, 2.05) is 12.1 Å². The molecule has 23 heavy (non-hydrogen) atoms. The van der Waals surface area contributed by atoms with E-state index in [-0.39, 0.29) is 30.7 Å². The molecular formula is C17H27Cl2N3O. The third-order valence-electron chi connectivity index (χ3n) is 5.09. The van der Waals surface area contributed by atoms with Crippen LogP contribution >= 0.6 is 24.8 Å². The molecule has 4 nitrogen and oxygen atoms in total. The topological polar surface area (TPSA) is 68.0 Å². The SMILES string of the molecule is Cl.Cl.NC1CC2CCCC(C1)C2NC(=O)CCc1ccncc1. The molecule has 130 valence electrons. The Balaban J connectivity index is 0.00000132. The summed E-state index contributed by atoms with van der Waals surface area (Å²) in [6.07, 6.45) is 10.8. The Kier molecular flexibility index (Phi) is 8.31. The maximum absolute atomic E-state index is 12.2. The average molecular weight is 360 g/mol. The Labute approximate surface area is 150 Å². The number of carbonyl (C=O) groups is 1. The van der Waals surface area contributed by atoms with E-state index in [1.54, 1.807) is 12.4 Å². The molecule has 1 aromatic rings. The number of nitrogens with two attached hydrogens (primary N) is 1. The van der Waals surface area contributed by atoms with Crippen molar-refractivity contribution in [3.63, 3.8) is 0 Å². The van der Waals surface area contributed by atoms with Gasteiger partial charge in [-0.15, -0.1) is 24.8 Å². The Bertz CT molecular complexity index is 472. The molecule has 1 aromatic heterocycles. The van der Waals surface area contributed by atoms with Crippen LogP contribution in [-0.2, 0) is 11.2 Å². The van der Waals surface area contributed by atoms with E-state index in [9.17, 15) is 4.79 Å². The van der Waals surface area contributed by atoms with Crippen molar-refractivity contribution in [2.75, 3.05) is 0 Å². The zero-order chi connectivity index (χ0) is 14.7. The Hall–Kier alpha value is -0.840. The molecule has 0 spiro atoms. The van der Waals surface area contributed by atoms with Gasteiger partial charge in [-0.3, -0.25) is 9.78 Å². The second-order valence-electron chi connectivity index (χ2n) is 6.63. The van der Waals surface area contributed by atoms with Gasteiger partial charge in [0, 0.05) is 30.9 Å². The van der Waals surface area contributed by atoms with Crippen LogP contribution in [0.1, 0.15) is 44.1 Å². The van der Waals surface area contributed by atoms with E-state index in [4.69, 9.17) is 5.73 Å². The summed E-state index contributed by atoms with van der Waals surface area (Å²) in [5.41, 5.74) is 7.31. The van der Waals surface area contributed by atoms with Gasteiger partial charge in [0.2, 0.25) is 5.91 Å². The Morgan fingerprint density at radius 2 is 1.78 bits per heavy atom. The van der Waals surface area contributed by atoms with Gasteiger partial charge < -0.3 is 11.1 Å². The van der Waals surface area contributed by atoms with Crippen LogP contribution in [0.5, 0.6) is 0 Å². The summed E-state index contributed by atoms with van der Waals surface area (Å²) in [5.74, 6) is 1.37. The van der Waals surface area contributed by atoms with Crippen molar-refractivity contribution in [2.24, 2.45) is 17.6 Å². The molecule has 3 rings (SSSR count). The molecule has 2 fully saturated rings. The average Bonchev–Trinajstić information content (AvgIpc) is 2.47. The van der Waals surface area contributed by atoms with Crippen molar-refractivity contribution in [2.45, 2.75) is 57.0 Å². The number of nitrogens with one attached hydrogen (secondary N) is 1. The maximum atomic E-state index is 12.2. The third-order valence-corrected chi connectivity index (χ3v) is 5.09. The summed E-state index contributed by atoms with van der Waals surface area (Å²) in [5, 5.41) is 3.30. The van der Waals surface area contributed by atoms with Gasteiger partial charge in [-0.2, -0.15) is 0 Å². The zero-order valence-electron chi connectivity index (χ0n) is 13.3. The summed E-state index contributed by atoms with van der Waals surface area (Å²) in [7, 11) is 0. The molecule has 2 unspecified atom stereocenters. The number of aryl methyl sites for hydroxylation is 1. The number of nitrogens with zero attached hydrogens (tertiary/aromatic N) is 1. The first kappa shape index (κ1) is 20.2. The second kappa shape index (κ2) is 9.45. The first-order chi connectivity index (χ1) is 10.2. The van der Waals surface area contributed by atoms with Crippen LogP contribution in [0.3, 0.4) is 0 Å². The summed E-state index contributed by atoms with van der Waals surface area (Å²) in [6, 6.07) is 4.65. The lowest BCUT2D eigenvalue weighted by Crippen LogP contribution is -2.53. The molecule has 0 radical (unpaired) electrons. The number of rotatable bonds is 4. The summed E-state index contributed by atoms with van der Waals surface area (Å²) < 4.78 is 0. The number of halogens is 2. The normalized spacial score (nSPS) is 28.9. The highest BCUT2D eigenvalue weighted by Gasteiger charge is 2.39. The van der Waals surface area contributed by atoms with Gasteiger partial charge in [-0.05, 0) is 61.6 Å². The van der Waals surface area contributed by atoms with Gasteiger partial charge >= 0.3 is 0 Å². The minimum Gasteiger partial charge on any atom is -0.353 e. The molecule has 0 aromatic carbocycles. The van der Waals surface area contributed by atoms with Crippen molar-refractivity contribution < 1.29 is 4.79 Å². The zero-order valence-corrected chi connectivity index (χ0v) is 15.0. The van der Waals surface area contributed by atoms with Crippen LogP contribution in [-0.4, -0.2) is 23.0 Å². The van der Waals surface area contributed by atoms with Gasteiger partial charge in [-0.25, -0.2) is 0 Å². The van der Waals surface area contributed by atoms with Gasteiger partial charge in [0.25, 0.3) is 0 Å². The lowest BCUT2D eigenvalue weighted by molar-refractivity contribution is -0.123. The lowest BCUT2D eigenvalue weighted by Gasteiger charge is -2.45. The highest BCUT2D eigenvalue weighted by molar-refractivity contribution is 5.85. The van der Waals surface area contributed by atoms with Crippen molar-refractivity contribution in [3.8, 4) is 0 Å². The van der Waals surface area contributed by atoms with Crippen LogP contribution in [0.15, 0.2) is 24.5 Å². The van der Waals surface area contributed by atoms with E-state index in [1.165, 1.54) is 24.8 Å². The first-order valence-electron chi connectivity index (χ1n) is 8.16. The van der Waals surface area contributed by atoms with Crippen molar-refractivity contribution >= 4 is 30.7 Å². The van der Waals surface area contributed by atoms with Gasteiger partial charge in [0.1, 0.15) is 0 Å². The van der Waals surface area contributed by atoms with Gasteiger partial charge in [0.05, 0.1) is 0 Å². The van der Waals surface area contributed by atoms with Crippen molar-refractivity contribution in [1.29, 1.82) is 0 Å². The highest BCUT2D eigenvalue weighted by atomic mass is 35.5. The predicted molar refractivity (Wildman–Crippen MR) is 97.0 cm³/mol. The maximum Gasteiger partial charge on any atom is 0.220 e. The van der Waals surface area contributed by atoms with E-state index < -0.39 is 0 Å². The summed E-state index contributed by atoms with van der Waals surface area (Å²) in [4.78, 5) is 16.2. The third kappa shape index (κ3) is 5.33. The monoisotopic (exact) mass is 359 g/mol. The molecule has 0 aliphatic heterocycles. The van der Waals surface area contributed by atoms with Crippen LogP contribution in [0, 0.1) is 11.8 Å². The second-order valence-corrected chi connectivity index (χ2v) is 6.63. The number of amides is 1. The molecule has 2 bridgehead atoms. The minimum atomic E-state index is 0. The molecule has 1 amide bonds. The number of aromatic nitrogens is 1. The summed E-state index contributed by atoms with van der Waals surface area (Å²) in [6.45, 7) is 0. The molecule has 2 aliphatic rings. The van der Waals surface area contributed by atoms with Crippen LogP contribution < -0.4 is 11.1 Å². The molecule has 2 atom stereocenters. The van der Waals surface area contributed by atoms with E-state index >= 15 is 0 Å². The van der Waals surface area contributed by atoms with Gasteiger partial charge in [0.15, 0.2) is 0 Å². The van der Waals surface area contributed by atoms with Gasteiger partial charge in [-0.1, -0.05) is 6.42 Å². The fourth-order valence-electron chi connectivity index (χ4n) is 4.09. The quantitative estimate of drug-likeness (QED) is 0.868. The lowest BCUT2D eigenvalue weighted by atomic mass is 9.67. The number of hydrogen-bond acceptors (Lipinski definition) is 3. The molecule has 3 N–H and O–H groups in total. The van der Waals surface area contributed by atoms with E-state index in [0.717, 1.165) is 19.3 Å².